The Labute approximate surface area is 148 Å². The molecular weight excluding hydrogens is 318 g/mol. The summed E-state index contributed by atoms with van der Waals surface area (Å²) in [5.41, 5.74) is 0. The van der Waals surface area contributed by atoms with E-state index in [0.717, 1.165) is 37.5 Å². The van der Waals surface area contributed by atoms with Crippen molar-refractivity contribution in [2.24, 2.45) is 0 Å². The minimum absolute atomic E-state index is 0.00421. The van der Waals surface area contributed by atoms with Crippen molar-refractivity contribution in [3.05, 3.63) is 42.5 Å². The maximum absolute atomic E-state index is 12.3. The first-order valence-electron chi connectivity index (χ1n) is 8.69. The van der Waals surface area contributed by atoms with Crippen LogP contribution in [0.15, 0.2) is 41.1 Å². The summed E-state index contributed by atoms with van der Waals surface area (Å²) < 4.78 is 5.32. The van der Waals surface area contributed by atoms with Crippen LogP contribution in [0, 0.1) is 0 Å². The van der Waals surface area contributed by atoms with Gasteiger partial charge in [-0.2, -0.15) is 5.10 Å². The van der Waals surface area contributed by atoms with Crippen LogP contribution < -0.4 is 10.2 Å². The Kier molecular flexibility index (Phi) is 5.65. The van der Waals surface area contributed by atoms with Crippen LogP contribution in [0.3, 0.4) is 0 Å². The highest BCUT2D eigenvalue weighted by Gasteiger charge is 2.27. The first-order chi connectivity index (χ1) is 12.1. The van der Waals surface area contributed by atoms with Gasteiger partial charge in [0.15, 0.2) is 5.82 Å². The van der Waals surface area contributed by atoms with Crippen molar-refractivity contribution in [2.45, 2.75) is 31.8 Å². The zero-order valence-corrected chi connectivity index (χ0v) is 14.8. The molecule has 0 aliphatic carbocycles. The molecule has 134 valence electrons. The average molecular weight is 343 g/mol. The molecule has 3 heterocycles. The fourth-order valence-corrected chi connectivity index (χ4v) is 3.34. The lowest BCUT2D eigenvalue weighted by molar-refractivity contribution is -0.122. The molecule has 0 saturated carbocycles. The summed E-state index contributed by atoms with van der Waals surface area (Å²) >= 11 is 0. The largest absolute Gasteiger partial charge is 0.467 e. The Balaban J connectivity index is 1.50. The van der Waals surface area contributed by atoms with Crippen LogP contribution in [0.5, 0.6) is 0 Å². The Morgan fingerprint density at radius 2 is 2.36 bits per heavy atom. The number of carbonyl (C=O) groups is 1. The predicted molar refractivity (Wildman–Crippen MR) is 95.2 cm³/mol. The van der Waals surface area contributed by atoms with Crippen LogP contribution in [0.4, 0.5) is 5.82 Å². The molecule has 3 rings (SSSR count). The number of rotatable bonds is 7. The fraction of sp³-hybridized carbons (Fsp3) is 0.500. The van der Waals surface area contributed by atoms with Crippen LogP contribution in [-0.2, 0) is 4.79 Å². The standard InChI is InChI=1S/C18H25N5O2/c1-14(16-7-5-11-25-16)20-18(24)13-22(2)12-15-6-4-10-23(15)17-8-3-9-19-21-17/h3,5,7-9,11,14-15H,4,6,10,12-13H2,1-2H3,(H,20,24)/t14-,15+/m1/s1. The highest BCUT2D eigenvalue weighted by Crippen LogP contribution is 2.23. The highest BCUT2D eigenvalue weighted by atomic mass is 16.3. The quantitative estimate of drug-likeness (QED) is 0.827. The molecule has 1 aliphatic heterocycles. The summed E-state index contributed by atoms with van der Waals surface area (Å²) in [6.07, 6.45) is 5.54. The smallest absolute Gasteiger partial charge is 0.234 e. The van der Waals surface area contributed by atoms with Gasteiger partial charge in [0.25, 0.3) is 0 Å². The van der Waals surface area contributed by atoms with E-state index in [1.54, 1.807) is 12.5 Å². The molecule has 0 aromatic carbocycles. The molecular formula is C18H25N5O2. The molecule has 1 fully saturated rings. The molecule has 2 aromatic heterocycles. The third-order valence-corrected chi connectivity index (χ3v) is 4.51. The molecule has 2 atom stereocenters. The van der Waals surface area contributed by atoms with Gasteiger partial charge in [0.05, 0.1) is 18.8 Å². The summed E-state index contributed by atoms with van der Waals surface area (Å²) in [5, 5.41) is 11.2. The van der Waals surface area contributed by atoms with Crippen LogP contribution >= 0.6 is 0 Å². The van der Waals surface area contributed by atoms with Gasteiger partial charge in [0.1, 0.15) is 5.76 Å². The van der Waals surface area contributed by atoms with Gasteiger partial charge < -0.3 is 14.6 Å². The summed E-state index contributed by atoms with van der Waals surface area (Å²) in [6.45, 7) is 4.08. The van der Waals surface area contributed by atoms with Crippen LogP contribution in [0.2, 0.25) is 0 Å². The van der Waals surface area contributed by atoms with E-state index in [0.29, 0.717) is 12.6 Å². The van der Waals surface area contributed by atoms with Crippen molar-refractivity contribution in [3.8, 4) is 0 Å². The third-order valence-electron chi connectivity index (χ3n) is 4.51. The van der Waals surface area contributed by atoms with E-state index < -0.39 is 0 Å². The molecule has 1 aliphatic rings. The summed E-state index contributed by atoms with van der Waals surface area (Å²) in [6, 6.07) is 7.82. The van der Waals surface area contributed by atoms with Gasteiger partial charge in [-0.05, 0) is 51.1 Å². The number of nitrogens with zero attached hydrogens (tertiary/aromatic N) is 4. The van der Waals surface area contributed by atoms with Gasteiger partial charge in [-0.25, -0.2) is 0 Å². The molecule has 2 aromatic rings. The Morgan fingerprint density at radius 1 is 1.48 bits per heavy atom. The number of amides is 1. The van der Waals surface area contributed by atoms with E-state index in [1.807, 2.05) is 38.2 Å². The second kappa shape index (κ2) is 8.11. The maximum Gasteiger partial charge on any atom is 0.234 e. The first kappa shape index (κ1) is 17.4. The molecule has 7 nitrogen and oxygen atoms in total. The lowest BCUT2D eigenvalue weighted by Gasteiger charge is -2.29. The van der Waals surface area contributed by atoms with Gasteiger partial charge >= 0.3 is 0 Å². The van der Waals surface area contributed by atoms with Crippen molar-refractivity contribution in [3.63, 3.8) is 0 Å². The van der Waals surface area contributed by atoms with Gasteiger partial charge in [0.2, 0.25) is 5.91 Å². The summed E-state index contributed by atoms with van der Waals surface area (Å²) in [7, 11) is 1.98. The molecule has 1 N–H and O–H groups in total. The Bertz CT molecular complexity index is 661. The fourth-order valence-electron chi connectivity index (χ4n) is 3.34. The van der Waals surface area contributed by atoms with E-state index in [4.69, 9.17) is 4.42 Å². The minimum Gasteiger partial charge on any atom is -0.467 e. The molecule has 0 spiro atoms. The normalized spacial score (nSPS) is 18.5. The molecule has 1 amide bonds. The first-order valence-corrected chi connectivity index (χ1v) is 8.69. The SMILES string of the molecule is C[C@@H](NC(=O)CN(C)C[C@@H]1CCCN1c1cccnn1)c1ccco1. The maximum atomic E-state index is 12.3. The topological polar surface area (TPSA) is 74.5 Å². The monoisotopic (exact) mass is 343 g/mol. The van der Waals surface area contributed by atoms with Gasteiger partial charge in [-0.3, -0.25) is 9.69 Å². The van der Waals surface area contributed by atoms with E-state index in [1.165, 1.54) is 0 Å². The predicted octanol–water partition coefficient (Wildman–Crippen LogP) is 1.85. The molecule has 7 heteroatoms. The third kappa shape index (κ3) is 4.57. The average Bonchev–Trinajstić information content (AvgIpc) is 3.27. The lowest BCUT2D eigenvalue weighted by atomic mass is 10.2. The van der Waals surface area contributed by atoms with Crippen LogP contribution in [0.25, 0.3) is 0 Å². The Morgan fingerprint density at radius 3 is 3.08 bits per heavy atom. The number of carbonyl (C=O) groups excluding carboxylic acids is 1. The van der Waals surface area contributed by atoms with Crippen molar-refractivity contribution in [1.82, 2.24) is 20.4 Å². The van der Waals surface area contributed by atoms with Crippen molar-refractivity contribution < 1.29 is 9.21 Å². The second-order valence-corrected chi connectivity index (χ2v) is 6.57. The van der Waals surface area contributed by atoms with E-state index in [-0.39, 0.29) is 11.9 Å². The number of likely N-dealkylation sites (N-methyl/N-ethyl adjacent to an activating group) is 1. The lowest BCUT2D eigenvalue weighted by Crippen LogP contribution is -2.43. The number of anilines is 1. The highest BCUT2D eigenvalue weighted by molar-refractivity contribution is 5.78. The summed E-state index contributed by atoms with van der Waals surface area (Å²) in [5.74, 6) is 1.67. The van der Waals surface area contributed by atoms with Gasteiger partial charge in [-0.15, -0.1) is 5.10 Å². The number of hydrogen-bond donors (Lipinski definition) is 1. The van der Waals surface area contributed by atoms with E-state index in [2.05, 4.69) is 25.3 Å². The van der Waals surface area contributed by atoms with E-state index >= 15 is 0 Å². The molecule has 25 heavy (non-hydrogen) atoms. The zero-order chi connectivity index (χ0) is 17.6. The van der Waals surface area contributed by atoms with Crippen molar-refractivity contribution >= 4 is 11.7 Å². The summed E-state index contributed by atoms with van der Waals surface area (Å²) in [4.78, 5) is 16.6. The molecule has 0 radical (unpaired) electrons. The van der Waals surface area contributed by atoms with Crippen LogP contribution in [-0.4, -0.2) is 53.7 Å². The van der Waals surface area contributed by atoms with Gasteiger partial charge in [0, 0.05) is 25.3 Å². The Hall–Kier alpha value is -2.41. The van der Waals surface area contributed by atoms with Crippen molar-refractivity contribution in [2.75, 3.05) is 31.6 Å². The number of aromatic nitrogens is 2. The molecule has 0 bridgehead atoms. The second-order valence-electron chi connectivity index (χ2n) is 6.57. The number of nitrogens with one attached hydrogen (secondary N) is 1. The minimum atomic E-state index is -0.126. The van der Waals surface area contributed by atoms with Crippen molar-refractivity contribution in [1.29, 1.82) is 0 Å². The molecule has 1 saturated heterocycles. The number of furan rings is 1. The molecule has 0 unspecified atom stereocenters. The van der Waals surface area contributed by atoms with E-state index in [9.17, 15) is 4.79 Å². The zero-order valence-electron chi connectivity index (χ0n) is 14.8. The van der Waals surface area contributed by atoms with Crippen LogP contribution in [0.1, 0.15) is 31.6 Å². The van der Waals surface area contributed by atoms with Gasteiger partial charge in [-0.1, -0.05) is 0 Å². The number of hydrogen-bond acceptors (Lipinski definition) is 6.